The number of hydrogen-bond donors (Lipinski definition) is 1. The van der Waals surface area contributed by atoms with Gasteiger partial charge in [0, 0.05) is 32.3 Å². The van der Waals surface area contributed by atoms with E-state index in [0.717, 1.165) is 42.9 Å². The maximum atomic E-state index is 12.9. The van der Waals surface area contributed by atoms with Crippen molar-refractivity contribution in [3.05, 3.63) is 63.7 Å². The van der Waals surface area contributed by atoms with E-state index in [4.69, 9.17) is 4.74 Å². The Morgan fingerprint density at radius 1 is 1.10 bits per heavy atom. The molecule has 9 heteroatoms. The summed E-state index contributed by atoms with van der Waals surface area (Å²) in [4.78, 5) is 11.1. The van der Waals surface area contributed by atoms with E-state index in [1.54, 1.807) is 0 Å². The molecule has 3 rings (SSSR count). The normalized spacial score (nSPS) is 15.0. The van der Waals surface area contributed by atoms with Crippen LogP contribution < -0.4 is 5.32 Å². The fraction of sp³-hybridized carbons (Fsp3) is 0.455. The number of rotatable bonds is 10. The van der Waals surface area contributed by atoms with Gasteiger partial charge in [0.15, 0.2) is 0 Å². The van der Waals surface area contributed by atoms with Crippen LogP contribution in [0.4, 0.5) is 11.4 Å². The van der Waals surface area contributed by atoms with Gasteiger partial charge in [0.05, 0.1) is 16.4 Å². The molecule has 0 unspecified atom stereocenters. The highest BCUT2D eigenvalue weighted by atomic mass is 32.2. The van der Waals surface area contributed by atoms with Crippen molar-refractivity contribution in [2.24, 2.45) is 0 Å². The molecule has 0 aliphatic carbocycles. The van der Waals surface area contributed by atoms with E-state index >= 15 is 0 Å². The SMILES string of the molecule is CCCOCc1ccccc1CNc1ccc(S(=O)(=O)N2CCCCC2)cc1[N+](=O)[O-]. The summed E-state index contributed by atoms with van der Waals surface area (Å²) >= 11 is 0. The van der Waals surface area contributed by atoms with Crippen LogP contribution >= 0.6 is 0 Å². The van der Waals surface area contributed by atoms with Gasteiger partial charge < -0.3 is 10.1 Å². The fourth-order valence-electron chi connectivity index (χ4n) is 3.61. The third-order valence-electron chi connectivity index (χ3n) is 5.31. The summed E-state index contributed by atoms with van der Waals surface area (Å²) in [6.45, 7) is 4.45. The van der Waals surface area contributed by atoms with E-state index in [-0.39, 0.29) is 16.3 Å². The van der Waals surface area contributed by atoms with Crippen LogP contribution in [0.3, 0.4) is 0 Å². The van der Waals surface area contributed by atoms with Crippen LogP contribution in [0.2, 0.25) is 0 Å². The molecule has 1 heterocycles. The topological polar surface area (TPSA) is 102 Å². The first-order valence-corrected chi connectivity index (χ1v) is 12.0. The van der Waals surface area contributed by atoms with Gasteiger partial charge in [-0.1, -0.05) is 37.6 Å². The van der Waals surface area contributed by atoms with Gasteiger partial charge in [-0.25, -0.2) is 8.42 Å². The van der Waals surface area contributed by atoms with Crippen molar-refractivity contribution < 1.29 is 18.1 Å². The summed E-state index contributed by atoms with van der Waals surface area (Å²) in [5.41, 5.74) is 2.01. The number of nitrogens with zero attached hydrogens (tertiary/aromatic N) is 2. The molecule has 0 aromatic heterocycles. The average Bonchev–Trinajstić information content (AvgIpc) is 2.79. The van der Waals surface area contributed by atoms with Crippen molar-refractivity contribution in [2.45, 2.75) is 50.7 Å². The molecule has 0 amide bonds. The van der Waals surface area contributed by atoms with Crippen molar-refractivity contribution in [3.8, 4) is 0 Å². The molecule has 1 N–H and O–H groups in total. The Hall–Kier alpha value is -2.49. The minimum Gasteiger partial charge on any atom is -0.377 e. The van der Waals surface area contributed by atoms with Gasteiger partial charge in [0.1, 0.15) is 5.69 Å². The molecule has 8 nitrogen and oxygen atoms in total. The largest absolute Gasteiger partial charge is 0.377 e. The first-order chi connectivity index (χ1) is 14.9. The molecule has 1 aliphatic heterocycles. The number of anilines is 1. The Bertz CT molecular complexity index is 1000. The standard InChI is InChI=1S/C22H29N3O5S/c1-2-14-30-17-19-9-5-4-8-18(19)16-23-21-11-10-20(15-22(21)25(26)27)31(28,29)24-12-6-3-7-13-24/h4-5,8-11,15,23H,2-3,6-7,12-14,16-17H2,1H3. The molecular formula is C22H29N3O5S. The summed E-state index contributed by atoms with van der Waals surface area (Å²) in [7, 11) is -3.74. The molecule has 31 heavy (non-hydrogen) atoms. The van der Waals surface area contributed by atoms with Crippen molar-refractivity contribution in [2.75, 3.05) is 25.0 Å². The van der Waals surface area contributed by atoms with E-state index < -0.39 is 14.9 Å². The van der Waals surface area contributed by atoms with E-state index in [0.29, 0.717) is 32.8 Å². The predicted octanol–water partition coefficient (Wildman–Crippen LogP) is 4.31. The van der Waals surface area contributed by atoms with Crippen LogP contribution in [0.1, 0.15) is 43.7 Å². The zero-order chi connectivity index (χ0) is 22.3. The molecular weight excluding hydrogens is 418 g/mol. The number of hydrogen-bond acceptors (Lipinski definition) is 6. The molecule has 0 saturated carbocycles. The Labute approximate surface area is 183 Å². The summed E-state index contributed by atoms with van der Waals surface area (Å²) in [6.07, 6.45) is 3.55. The minimum atomic E-state index is -3.74. The lowest BCUT2D eigenvalue weighted by Gasteiger charge is -2.25. The smallest absolute Gasteiger partial charge is 0.293 e. The van der Waals surface area contributed by atoms with Gasteiger partial charge >= 0.3 is 0 Å². The lowest BCUT2D eigenvalue weighted by Crippen LogP contribution is -2.35. The molecule has 0 bridgehead atoms. The highest BCUT2D eigenvalue weighted by Gasteiger charge is 2.28. The lowest BCUT2D eigenvalue weighted by molar-refractivity contribution is -0.384. The second-order valence-corrected chi connectivity index (χ2v) is 9.51. The van der Waals surface area contributed by atoms with Crippen LogP contribution in [-0.2, 0) is 27.9 Å². The summed E-state index contributed by atoms with van der Waals surface area (Å²) in [5.74, 6) is 0. The fourth-order valence-corrected chi connectivity index (χ4v) is 5.15. The number of nitro benzene ring substituents is 1. The zero-order valence-electron chi connectivity index (χ0n) is 17.7. The number of piperidine rings is 1. The monoisotopic (exact) mass is 447 g/mol. The molecule has 168 valence electrons. The van der Waals surface area contributed by atoms with E-state index in [1.165, 1.54) is 16.4 Å². The van der Waals surface area contributed by atoms with Crippen LogP contribution in [0, 0.1) is 10.1 Å². The number of nitrogens with one attached hydrogen (secondary N) is 1. The Kier molecular flexibility index (Phi) is 8.00. The van der Waals surface area contributed by atoms with Crippen molar-refractivity contribution in [1.29, 1.82) is 0 Å². The molecule has 0 atom stereocenters. The maximum Gasteiger partial charge on any atom is 0.293 e. The van der Waals surface area contributed by atoms with Crippen molar-refractivity contribution >= 4 is 21.4 Å². The second-order valence-electron chi connectivity index (χ2n) is 7.58. The molecule has 2 aromatic rings. The van der Waals surface area contributed by atoms with E-state index in [2.05, 4.69) is 5.32 Å². The molecule has 1 saturated heterocycles. The van der Waals surface area contributed by atoms with E-state index in [1.807, 2.05) is 31.2 Å². The zero-order valence-corrected chi connectivity index (χ0v) is 18.6. The quantitative estimate of drug-likeness (QED) is 0.331. The highest BCUT2D eigenvalue weighted by molar-refractivity contribution is 7.89. The second kappa shape index (κ2) is 10.7. The summed E-state index contributed by atoms with van der Waals surface area (Å²) in [5, 5.41) is 14.8. The van der Waals surface area contributed by atoms with Crippen LogP contribution in [0.15, 0.2) is 47.4 Å². The Balaban J connectivity index is 1.79. The number of benzene rings is 2. The molecule has 0 radical (unpaired) electrons. The van der Waals surface area contributed by atoms with Gasteiger partial charge in [0.2, 0.25) is 10.0 Å². The van der Waals surface area contributed by atoms with Crippen LogP contribution in [0.25, 0.3) is 0 Å². The molecule has 2 aromatic carbocycles. The van der Waals surface area contributed by atoms with Gasteiger partial charge in [-0.15, -0.1) is 0 Å². The number of sulfonamides is 1. The van der Waals surface area contributed by atoms with Gasteiger partial charge in [-0.3, -0.25) is 10.1 Å². The van der Waals surface area contributed by atoms with Crippen LogP contribution in [-0.4, -0.2) is 37.3 Å². The van der Waals surface area contributed by atoms with Crippen molar-refractivity contribution in [3.63, 3.8) is 0 Å². The van der Waals surface area contributed by atoms with Gasteiger partial charge in [-0.2, -0.15) is 4.31 Å². The third kappa shape index (κ3) is 5.81. The Morgan fingerprint density at radius 2 is 1.81 bits per heavy atom. The number of nitro groups is 1. The van der Waals surface area contributed by atoms with Gasteiger partial charge in [-0.05, 0) is 42.5 Å². The molecule has 0 spiro atoms. The highest BCUT2D eigenvalue weighted by Crippen LogP contribution is 2.30. The first-order valence-electron chi connectivity index (χ1n) is 10.6. The van der Waals surface area contributed by atoms with Crippen molar-refractivity contribution in [1.82, 2.24) is 4.31 Å². The molecule has 1 fully saturated rings. The maximum absolute atomic E-state index is 12.9. The first kappa shape index (κ1) is 23.2. The summed E-state index contributed by atoms with van der Waals surface area (Å²) in [6, 6.07) is 11.8. The third-order valence-corrected chi connectivity index (χ3v) is 7.21. The van der Waals surface area contributed by atoms with Gasteiger partial charge in [0.25, 0.3) is 5.69 Å². The average molecular weight is 448 g/mol. The predicted molar refractivity (Wildman–Crippen MR) is 119 cm³/mol. The Morgan fingerprint density at radius 3 is 2.48 bits per heavy atom. The van der Waals surface area contributed by atoms with Crippen LogP contribution in [0.5, 0.6) is 0 Å². The molecule has 1 aliphatic rings. The lowest BCUT2D eigenvalue weighted by atomic mass is 10.1. The minimum absolute atomic E-state index is 0.0417. The van der Waals surface area contributed by atoms with E-state index in [9.17, 15) is 18.5 Å². The number of ether oxygens (including phenoxy) is 1. The summed E-state index contributed by atoms with van der Waals surface area (Å²) < 4.78 is 32.8.